The maximum Gasteiger partial charge on any atom is 0.573 e. The van der Waals surface area contributed by atoms with Gasteiger partial charge in [0.2, 0.25) is 0 Å². The number of alkyl halides is 3. The molecule has 3 nitrogen and oxygen atoms in total. The molecule has 1 aromatic rings. The molecule has 18 heavy (non-hydrogen) atoms. The van der Waals surface area contributed by atoms with E-state index in [1.165, 1.54) is 12.1 Å². The van der Waals surface area contributed by atoms with Crippen molar-refractivity contribution < 1.29 is 23.0 Å². The summed E-state index contributed by atoms with van der Waals surface area (Å²) in [5.74, 6) is -0.471. The number of halogens is 5. The number of ether oxygens (including phenoxy) is 1. The van der Waals surface area contributed by atoms with Gasteiger partial charge in [0.1, 0.15) is 5.75 Å². The number of aliphatic hydroxyl groups excluding tert-OH is 1. The molecule has 3 N–H and O–H groups in total. The van der Waals surface area contributed by atoms with Gasteiger partial charge in [0.05, 0.1) is 11.6 Å². The summed E-state index contributed by atoms with van der Waals surface area (Å²) >= 11 is 5.57. The molecule has 0 bridgehead atoms. The van der Waals surface area contributed by atoms with E-state index in [9.17, 15) is 13.2 Å². The SMILES string of the molecule is Cl.NC(CO)Cc1ccc(Cl)c(OC(F)(F)F)c1. The van der Waals surface area contributed by atoms with E-state index >= 15 is 0 Å². The Morgan fingerprint density at radius 1 is 1.39 bits per heavy atom. The summed E-state index contributed by atoms with van der Waals surface area (Å²) in [6.45, 7) is -0.252. The van der Waals surface area contributed by atoms with E-state index in [2.05, 4.69) is 4.74 Å². The van der Waals surface area contributed by atoms with Gasteiger partial charge < -0.3 is 15.6 Å². The van der Waals surface area contributed by atoms with Gasteiger partial charge in [-0.1, -0.05) is 17.7 Å². The lowest BCUT2D eigenvalue weighted by Crippen LogP contribution is -2.26. The predicted octanol–water partition coefficient (Wildman–Crippen LogP) is 2.52. The fourth-order valence-electron chi connectivity index (χ4n) is 1.24. The monoisotopic (exact) mass is 305 g/mol. The normalized spacial score (nSPS) is 12.8. The summed E-state index contributed by atoms with van der Waals surface area (Å²) in [7, 11) is 0. The van der Waals surface area contributed by atoms with Gasteiger partial charge in [-0.05, 0) is 24.1 Å². The summed E-state index contributed by atoms with van der Waals surface area (Å²) in [6, 6.07) is 3.45. The molecule has 104 valence electrons. The van der Waals surface area contributed by atoms with Crippen LogP contribution in [0.15, 0.2) is 18.2 Å². The highest BCUT2D eigenvalue weighted by Gasteiger charge is 2.32. The van der Waals surface area contributed by atoms with Crippen LogP contribution in [0.2, 0.25) is 5.02 Å². The first-order valence-electron chi connectivity index (χ1n) is 4.72. The summed E-state index contributed by atoms with van der Waals surface area (Å²) in [5.41, 5.74) is 5.98. The van der Waals surface area contributed by atoms with Gasteiger partial charge >= 0.3 is 6.36 Å². The second kappa shape index (κ2) is 7.04. The van der Waals surface area contributed by atoms with Crippen LogP contribution < -0.4 is 10.5 Å². The molecule has 0 aromatic heterocycles. The Hall–Kier alpha value is -0.690. The van der Waals surface area contributed by atoms with Gasteiger partial charge in [-0.15, -0.1) is 25.6 Å². The molecule has 0 radical (unpaired) electrons. The molecular formula is C10H12Cl2F3NO2. The van der Waals surface area contributed by atoms with Crippen LogP contribution in [0.5, 0.6) is 5.75 Å². The Bertz CT molecular complexity index is 388. The smallest absolute Gasteiger partial charge is 0.404 e. The number of nitrogens with two attached hydrogens (primary N) is 1. The quantitative estimate of drug-likeness (QED) is 0.899. The highest BCUT2D eigenvalue weighted by atomic mass is 35.5. The Balaban J connectivity index is 0.00000289. The van der Waals surface area contributed by atoms with Crippen LogP contribution in [-0.4, -0.2) is 24.1 Å². The zero-order chi connectivity index (χ0) is 13.1. The Labute approximate surface area is 113 Å². The Morgan fingerprint density at radius 3 is 2.50 bits per heavy atom. The van der Waals surface area contributed by atoms with Crippen molar-refractivity contribution in [3.8, 4) is 5.75 Å². The van der Waals surface area contributed by atoms with Gasteiger partial charge in [-0.3, -0.25) is 0 Å². The summed E-state index contributed by atoms with van der Waals surface area (Å²) in [5, 5.41) is 8.61. The van der Waals surface area contributed by atoms with Crippen molar-refractivity contribution in [1.82, 2.24) is 0 Å². The molecule has 0 spiro atoms. The van der Waals surface area contributed by atoms with Crippen molar-refractivity contribution >= 4 is 24.0 Å². The average Bonchev–Trinajstić information content (AvgIpc) is 2.21. The molecule has 0 aliphatic heterocycles. The fourth-order valence-corrected chi connectivity index (χ4v) is 1.40. The number of rotatable bonds is 4. The minimum absolute atomic E-state index is 0. The van der Waals surface area contributed by atoms with E-state index in [-0.39, 0.29) is 30.5 Å². The van der Waals surface area contributed by atoms with Crippen molar-refractivity contribution in [1.29, 1.82) is 0 Å². The van der Waals surface area contributed by atoms with Crippen molar-refractivity contribution in [2.24, 2.45) is 5.73 Å². The van der Waals surface area contributed by atoms with Gasteiger partial charge in [-0.2, -0.15) is 0 Å². The van der Waals surface area contributed by atoms with Gasteiger partial charge in [-0.25, -0.2) is 0 Å². The molecule has 1 rings (SSSR count). The lowest BCUT2D eigenvalue weighted by atomic mass is 10.1. The first kappa shape index (κ1) is 17.3. The third kappa shape index (κ3) is 5.77. The van der Waals surface area contributed by atoms with Crippen LogP contribution in [0.1, 0.15) is 5.56 Å². The van der Waals surface area contributed by atoms with E-state index in [1.54, 1.807) is 0 Å². The molecule has 0 aliphatic rings. The van der Waals surface area contributed by atoms with Crippen molar-refractivity contribution in [3.05, 3.63) is 28.8 Å². The molecule has 0 aliphatic carbocycles. The van der Waals surface area contributed by atoms with Crippen molar-refractivity contribution in [2.45, 2.75) is 18.8 Å². The van der Waals surface area contributed by atoms with Crippen LogP contribution >= 0.6 is 24.0 Å². The third-order valence-electron chi connectivity index (χ3n) is 1.95. The number of hydrogen-bond donors (Lipinski definition) is 2. The minimum atomic E-state index is -4.79. The number of benzene rings is 1. The van der Waals surface area contributed by atoms with Gasteiger partial charge in [0.25, 0.3) is 0 Å². The second-order valence-electron chi connectivity index (χ2n) is 3.46. The largest absolute Gasteiger partial charge is 0.573 e. The molecule has 0 amide bonds. The van der Waals surface area contributed by atoms with E-state index in [0.717, 1.165) is 6.07 Å². The summed E-state index contributed by atoms with van der Waals surface area (Å²) < 4.78 is 39.9. The molecule has 0 fully saturated rings. The minimum Gasteiger partial charge on any atom is -0.404 e. The molecule has 8 heteroatoms. The maximum absolute atomic E-state index is 12.0. The predicted molar refractivity (Wildman–Crippen MR) is 64.1 cm³/mol. The molecule has 1 aromatic carbocycles. The second-order valence-corrected chi connectivity index (χ2v) is 3.87. The average molecular weight is 306 g/mol. The van der Waals surface area contributed by atoms with E-state index < -0.39 is 18.2 Å². The number of hydrogen-bond acceptors (Lipinski definition) is 3. The zero-order valence-electron chi connectivity index (χ0n) is 9.08. The first-order chi connectivity index (χ1) is 7.81. The molecule has 1 atom stereocenters. The van der Waals surface area contributed by atoms with Crippen molar-refractivity contribution in [2.75, 3.05) is 6.61 Å². The van der Waals surface area contributed by atoms with Gasteiger partial charge in [0, 0.05) is 6.04 Å². The van der Waals surface area contributed by atoms with Gasteiger partial charge in [0.15, 0.2) is 0 Å². The van der Waals surface area contributed by atoms with Crippen LogP contribution in [0.4, 0.5) is 13.2 Å². The Kier molecular flexibility index (Phi) is 6.77. The van der Waals surface area contributed by atoms with E-state index in [0.29, 0.717) is 5.56 Å². The van der Waals surface area contributed by atoms with Crippen LogP contribution in [0.25, 0.3) is 0 Å². The van der Waals surface area contributed by atoms with Crippen molar-refractivity contribution in [3.63, 3.8) is 0 Å². The molecular weight excluding hydrogens is 294 g/mol. The standard InChI is InChI=1S/C10H11ClF3NO2.ClH/c11-8-2-1-6(3-7(15)5-16)4-9(8)17-10(12,13)14;/h1-2,4,7,16H,3,5,15H2;1H. The van der Waals surface area contributed by atoms with Crippen LogP contribution in [-0.2, 0) is 6.42 Å². The summed E-state index contributed by atoms with van der Waals surface area (Å²) in [6.07, 6.45) is -4.55. The molecule has 1 unspecified atom stereocenters. The molecule has 0 heterocycles. The first-order valence-corrected chi connectivity index (χ1v) is 5.10. The lowest BCUT2D eigenvalue weighted by molar-refractivity contribution is -0.274. The maximum atomic E-state index is 12.0. The lowest BCUT2D eigenvalue weighted by Gasteiger charge is -2.13. The fraction of sp³-hybridized carbons (Fsp3) is 0.400. The zero-order valence-corrected chi connectivity index (χ0v) is 10.6. The summed E-state index contributed by atoms with van der Waals surface area (Å²) in [4.78, 5) is 0. The Morgan fingerprint density at radius 2 is 2.00 bits per heavy atom. The highest BCUT2D eigenvalue weighted by molar-refractivity contribution is 6.32. The third-order valence-corrected chi connectivity index (χ3v) is 2.27. The molecule has 0 saturated carbocycles. The highest BCUT2D eigenvalue weighted by Crippen LogP contribution is 2.31. The molecule has 0 saturated heterocycles. The van der Waals surface area contributed by atoms with E-state index in [1.807, 2.05) is 0 Å². The topological polar surface area (TPSA) is 55.5 Å². The van der Waals surface area contributed by atoms with E-state index in [4.69, 9.17) is 22.4 Å². The van der Waals surface area contributed by atoms with Crippen LogP contribution in [0.3, 0.4) is 0 Å². The number of aliphatic hydroxyl groups is 1. The van der Waals surface area contributed by atoms with Crippen LogP contribution in [0, 0.1) is 0 Å².